The van der Waals surface area contributed by atoms with Gasteiger partial charge in [-0.2, -0.15) is 0 Å². The summed E-state index contributed by atoms with van der Waals surface area (Å²) in [6, 6.07) is 6.13. The van der Waals surface area contributed by atoms with E-state index in [0.29, 0.717) is 12.5 Å². The fourth-order valence-electron chi connectivity index (χ4n) is 3.15. The maximum atomic E-state index is 6.09. The van der Waals surface area contributed by atoms with Crippen molar-refractivity contribution in [3.8, 4) is 11.5 Å². The highest BCUT2D eigenvalue weighted by atomic mass is 16.5. The topological polar surface area (TPSA) is 47.7 Å². The molecule has 1 saturated heterocycles. The summed E-state index contributed by atoms with van der Waals surface area (Å²) >= 11 is 0. The van der Waals surface area contributed by atoms with E-state index in [1.165, 1.54) is 6.42 Å². The summed E-state index contributed by atoms with van der Waals surface area (Å²) < 4.78 is 10.9. The van der Waals surface area contributed by atoms with Crippen molar-refractivity contribution < 1.29 is 9.47 Å². The average Bonchev–Trinajstić information content (AvgIpc) is 2.51. The summed E-state index contributed by atoms with van der Waals surface area (Å²) in [6.07, 6.45) is 1.23. The highest BCUT2D eigenvalue weighted by Gasteiger charge is 2.29. The predicted octanol–water partition coefficient (Wildman–Crippen LogP) is 2.68. The largest absolute Gasteiger partial charge is 0.497 e. The van der Waals surface area contributed by atoms with Crippen LogP contribution in [-0.2, 0) is 0 Å². The van der Waals surface area contributed by atoms with Crippen molar-refractivity contribution in [1.82, 2.24) is 4.90 Å². The van der Waals surface area contributed by atoms with Gasteiger partial charge in [0.15, 0.2) is 0 Å². The maximum absolute atomic E-state index is 6.09. The SMILES string of the molecule is COc1ccc(OC)c(C(CN)N2CCC(C)C(C)C2)c1. The van der Waals surface area contributed by atoms with Crippen LogP contribution in [0.5, 0.6) is 11.5 Å². The Kier molecular flexibility index (Phi) is 5.48. The lowest BCUT2D eigenvalue weighted by atomic mass is 9.87. The van der Waals surface area contributed by atoms with Gasteiger partial charge in [-0.1, -0.05) is 13.8 Å². The minimum absolute atomic E-state index is 0.185. The fourth-order valence-corrected chi connectivity index (χ4v) is 3.15. The quantitative estimate of drug-likeness (QED) is 0.906. The van der Waals surface area contributed by atoms with E-state index in [0.717, 1.165) is 36.1 Å². The number of ether oxygens (including phenoxy) is 2. The van der Waals surface area contributed by atoms with E-state index in [2.05, 4.69) is 24.8 Å². The minimum atomic E-state index is 0.185. The van der Waals surface area contributed by atoms with Crippen LogP contribution in [0, 0.1) is 11.8 Å². The van der Waals surface area contributed by atoms with Gasteiger partial charge in [0, 0.05) is 18.7 Å². The van der Waals surface area contributed by atoms with Gasteiger partial charge < -0.3 is 15.2 Å². The monoisotopic (exact) mass is 292 g/mol. The van der Waals surface area contributed by atoms with Gasteiger partial charge in [-0.05, 0) is 43.0 Å². The predicted molar refractivity (Wildman–Crippen MR) is 85.9 cm³/mol. The van der Waals surface area contributed by atoms with Crippen LogP contribution in [0.3, 0.4) is 0 Å². The number of hydrogen-bond donors (Lipinski definition) is 1. The Labute approximate surface area is 128 Å². The molecule has 2 N–H and O–H groups in total. The molecular formula is C17H28N2O2. The highest BCUT2D eigenvalue weighted by Crippen LogP contribution is 2.35. The Bertz CT molecular complexity index is 464. The lowest BCUT2D eigenvalue weighted by Gasteiger charge is -2.40. The van der Waals surface area contributed by atoms with E-state index >= 15 is 0 Å². The smallest absolute Gasteiger partial charge is 0.123 e. The molecule has 0 aromatic heterocycles. The fraction of sp³-hybridized carbons (Fsp3) is 0.647. The van der Waals surface area contributed by atoms with Crippen LogP contribution >= 0.6 is 0 Å². The summed E-state index contributed by atoms with van der Waals surface area (Å²) in [5, 5.41) is 0. The normalized spacial score (nSPS) is 24.6. The van der Waals surface area contributed by atoms with Crippen LogP contribution in [0.4, 0.5) is 0 Å². The van der Waals surface area contributed by atoms with Gasteiger partial charge in [-0.25, -0.2) is 0 Å². The Hall–Kier alpha value is -1.26. The van der Waals surface area contributed by atoms with Crippen molar-refractivity contribution in [3.63, 3.8) is 0 Å². The molecule has 1 aliphatic rings. The van der Waals surface area contributed by atoms with Gasteiger partial charge in [0.2, 0.25) is 0 Å². The number of likely N-dealkylation sites (tertiary alicyclic amines) is 1. The molecule has 0 spiro atoms. The van der Waals surface area contributed by atoms with Crippen molar-refractivity contribution >= 4 is 0 Å². The van der Waals surface area contributed by atoms with Crippen LogP contribution in [0.15, 0.2) is 18.2 Å². The van der Waals surface area contributed by atoms with Crippen molar-refractivity contribution in [2.75, 3.05) is 33.9 Å². The first-order valence-electron chi connectivity index (χ1n) is 7.76. The molecule has 3 atom stereocenters. The Morgan fingerprint density at radius 1 is 1.24 bits per heavy atom. The summed E-state index contributed by atoms with van der Waals surface area (Å²) in [5.41, 5.74) is 7.22. The highest BCUT2D eigenvalue weighted by molar-refractivity contribution is 5.42. The molecule has 1 heterocycles. The molecule has 1 aromatic carbocycles. The second-order valence-electron chi connectivity index (χ2n) is 6.10. The first-order chi connectivity index (χ1) is 10.1. The molecule has 0 aliphatic carbocycles. The molecule has 0 bridgehead atoms. The zero-order valence-electron chi connectivity index (χ0n) is 13.6. The van der Waals surface area contributed by atoms with E-state index < -0.39 is 0 Å². The second kappa shape index (κ2) is 7.14. The molecule has 118 valence electrons. The Balaban J connectivity index is 2.28. The number of benzene rings is 1. The number of hydrogen-bond acceptors (Lipinski definition) is 4. The maximum Gasteiger partial charge on any atom is 0.123 e. The van der Waals surface area contributed by atoms with Crippen molar-refractivity contribution in [1.29, 1.82) is 0 Å². The van der Waals surface area contributed by atoms with Crippen LogP contribution in [0.1, 0.15) is 31.9 Å². The summed E-state index contributed by atoms with van der Waals surface area (Å²) in [4.78, 5) is 2.49. The van der Waals surface area contributed by atoms with Crippen molar-refractivity contribution in [3.05, 3.63) is 23.8 Å². The molecule has 0 saturated carbocycles. The first kappa shape index (κ1) is 16.1. The van der Waals surface area contributed by atoms with Crippen LogP contribution in [0.25, 0.3) is 0 Å². The standard InChI is InChI=1S/C17H28N2O2/c1-12-7-8-19(11-13(12)2)16(10-18)15-9-14(20-3)5-6-17(15)21-4/h5-6,9,12-13,16H,7-8,10-11,18H2,1-4H3. The Morgan fingerprint density at radius 2 is 2.00 bits per heavy atom. The third-order valence-corrected chi connectivity index (χ3v) is 4.83. The molecule has 0 amide bonds. The third kappa shape index (κ3) is 3.50. The molecule has 2 rings (SSSR count). The third-order valence-electron chi connectivity index (χ3n) is 4.83. The molecule has 4 heteroatoms. The van der Waals surface area contributed by atoms with E-state index in [1.807, 2.05) is 12.1 Å². The summed E-state index contributed by atoms with van der Waals surface area (Å²) in [7, 11) is 3.40. The molecule has 0 radical (unpaired) electrons. The van der Waals surface area contributed by atoms with Gasteiger partial charge in [0.1, 0.15) is 11.5 Å². The van der Waals surface area contributed by atoms with E-state index in [4.69, 9.17) is 15.2 Å². The summed E-state index contributed by atoms with van der Waals surface area (Å²) in [6.45, 7) is 7.43. The van der Waals surface area contributed by atoms with Crippen LogP contribution in [0.2, 0.25) is 0 Å². The molecular weight excluding hydrogens is 264 g/mol. The zero-order valence-corrected chi connectivity index (χ0v) is 13.6. The Morgan fingerprint density at radius 3 is 2.57 bits per heavy atom. The van der Waals surface area contributed by atoms with E-state index in [9.17, 15) is 0 Å². The number of nitrogens with two attached hydrogens (primary N) is 1. The first-order valence-corrected chi connectivity index (χ1v) is 7.76. The van der Waals surface area contributed by atoms with E-state index in [-0.39, 0.29) is 6.04 Å². The number of rotatable bonds is 5. The average molecular weight is 292 g/mol. The van der Waals surface area contributed by atoms with Gasteiger partial charge in [-0.3, -0.25) is 4.90 Å². The lowest BCUT2D eigenvalue weighted by molar-refractivity contribution is 0.0969. The van der Waals surface area contributed by atoms with Crippen LogP contribution in [-0.4, -0.2) is 38.8 Å². The van der Waals surface area contributed by atoms with Gasteiger partial charge in [-0.15, -0.1) is 0 Å². The molecule has 4 nitrogen and oxygen atoms in total. The molecule has 3 unspecified atom stereocenters. The second-order valence-corrected chi connectivity index (χ2v) is 6.10. The van der Waals surface area contributed by atoms with Gasteiger partial charge in [0.25, 0.3) is 0 Å². The lowest BCUT2D eigenvalue weighted by Crippen LogP contribution is -2.43. The molecule has 1 aliphatic heterocycles. The zero-order chi connectivity index (χ0) is 15.4. The number of nitrogens with zero attached hydrogens (tertiary/aromatic N) is 1. The number of piperidine rings is 1. The van der Waals surface area contributed by atoms with Crippen LogP contribution < -0.4 is 15.2 Å². The van der Waals surface area contributed by atoms with Crippen molar-refractivity contribution in [2.45, 2.75) is 26.3 Å². The van der Waals surface area contributed by atoms with Gasteiger partial charge in [0.05, 0.1) is 20.3 Å². The van der Waals surface area contributed by atoms with Crippen molar-refractivity contribution in [2.24, 2.45) is 17.6 Å². The molecule has 1 fully saturated rings. The van der Waals surface area contributed by atoms with E-state index in [1.54, 1.807) is 14.2 Å². The number of methoxy groups -OCH3 is 2. The minimum Gasteiger partial charge on any atom is -0.497 e. The molecule has 1 aromatic rings. The summed E-state index contributed by atoms with van der Waals surface area (Å²) in [5.74, 6) is 3.22. The van der Waals surface area contributed by atoms with Gasteiger partial charge >= 0.3 is 0 Å². The molecule has 21 heavy (non-hydrogen) atoms.